The van der Waals surface area contributed by atoms with Crippen molar-refractivity contribution in [3.8, 4) is 0 Å². The van der Waals surface area contributed by atoms with Gasteiger partial charge in [0.25, 0.3) is 5.91 Å². The van der Waals surface area contributed by atoms with Crippen molar-refractivity contribution in [2.75, 3.05) is 18.4 Å². The molecule has 1 N–H and O–H groups in total. The number of hydrogen-bond donors (Lipinski definition) is 1. The van der Waals surface area contributed by atoms with E-state index in [-0.39, 0.29) is 10.8 Å². The Morgan fingerprint density at radius 2 is 1.77 bits per heavy atom. The summed E-state index contributed by atoms with van der Waals surface area (Å²) in [6.07, 6.45) is 1.76. The highest BCUT2D eigenvalue weighted by molar-refractivity contribution is 7.89. The number of anilines is 1. The lowest BCUT2D eigenvalue weighted by Gasteiger charge is -2.29. The van der Waals surface area contributed by atoms with Gasteiger partial charge in [0.15, 0.2) is 0 Å². The second-order valence-electron chi connectivity index (χ2n) is 6.58. The zero-order valence-electron chi connectivity index (χ0n) is 14.5. The lowest BCUT2D eigenvalue weighted by molar-refractivity contribution is 0.102. The van der Waals surface area contributed by atoms with Gasteiger partial charge in [0, 0.05) is 29.4 Å². The second kappa shape index (κ2) is 7.78. The molecule has 1 amide bonds. The predicted molar refractivity (Wildman–Crippen MR) is 103 cm³/mol. The van der Waals surface area contributed by atoms with Gasteiger partial charge in [0.2, 0.25) is 10.0 Å². The second-order valence-corrected chi connectivity index (χ2v) is 8.95. The number of carbonyl (C=O) groups is 1. The van der Waals surface area contributed by atoms with E-state index >= 15 is 0 Å². The quantitative estimate of drug-likeness (QED) is 0.854. The molecule has 0 radical (unpaired) electrons. The van der Waals surface area contributed by atoms with Crippen LogP contribution in [-0.2, 0) is 10.0 Å². The van der Waals surface area contributed by atoms with Crippen LogP contribution in [0.4, 0.5) is 5.69 Å². The molecule has 1 heterocycles. The van der Waals surface area contributed by atoms with E-state index in [4.69, 9.17) is 11.6 Å². The molecule has 5 nitrogen and oxygen atoms in total. The minimum Gasteiger partial charge on any atom is -0.322 e. The van der Waals surface area contributed by atoms with Crippen LogP contribution >= 0.6 is 11.6 Å². The number of hydrogen-bond acceptors (Lipinski definition) is 3. The molecule has 2 aromatic rings. The maximum Gasteiger partial charge on any atom is 0.255 e. The summed E-state index contributed by atoms with van der Waals surface area (Å²) in [4.78, 5) is 12.5. The summed E-state index contributed by atoms with van der Waals surface area (Å²) in [5.74, 6) is 0.263. The first-order valence-electron chi connectivity index (χ1n) is 8.53. The third-order valence-electron chi connectivity index (χ3n) is 4.58. The molecule has 0 bridgehead atoms. The van der Waals surface area contributed by atoms with Crippen LogP contribution in [0.3, 0.4) is 0 Å². The molecule has 0 unspecified atom stereocenters. The normalized spacial score (nSPS) is 16.4. The van der Waals surface area contributed by atoms with Gasteiger partial charge in [-0.3, -0.25) is 4.79 Å². The third-order valence-corrected chi connectivity index (χ3v) is 6.73. The Morgan fingerprint density at radius 3 is 2.38 bits per heavy atom. The maximum atomic E-state index is 12.7. The molecular weight excluding hydrogens is 372 g/mol. The van der Waals surface area contributed by atoms with E-state index in [0.717, 1.165) is 12.8 Å². The maximum absolute atomic E-state index is 12.7. The molecule has 0 aliphatic carbocycles. The average molecular weight is 393 g/mol. The lowest BCUT2D eigenvalue weighted by Crippen LogP contribution is -2.37. The zero-order valence-corrected chi connectivity index (χ0v) is 16.1. The Balaban J connectivity index is 1.71. The molecule has 3 rings (SSSR count). The highest BCUT2D eigenvalue weighted by Crippen LogP contribution is 2.24. The first-order valence-corrected chi connectivity index (χ1v) is 10.4. The van der Waals surface area contributed by atoms with Gasteiger partial charge in [-0.2, -0.15) is 4.31 Å². The molecule has 7 heteroatoms. The average Bonchev–Trinajstić information content (AvgIpc) is 2.62. The Bertz CT molecular complexity index is 889. The van der Waals surface area contributed by atoms with E-state index in [1.54, 1.807) is 36.4 Å². The molecule has 26 heavy (non-hydrogen) atoms. The Hall–Kier alpha value is -1.89. The summed E-state index contributed by atoms with van der Waals surface area (Å²) in [5.41, 5.74) is 0.970. The number of carbonyl (C=O) groups excluding carboxylic acids is 1. The van der Waals surface area contributed by atoms with Crippen LogP contribution in [0.2, 0.25) is 5.02 Å². The fourth-order valence-electron chi connectivity index (χ4n) is 2.92. The summed E-state index contributed by atoms with van der Waals surface area (Å²) < 4.78 is 27.0. The molecule has 1 aliphatic rings. The number of nitrogens with one attached hydrogen (secondary N) is 1. The van der Waals surface area contributed by atoms with Crippen LogP contribution in [-0.4, -0.2) is 31.7 Å². The summed E-state index contributed by atoms with van der Waals surface area (Å²) in [5, 5.41) is 3.22. The summed E-state index contributed by atoms with van der Waals surface area (Å²) in [6.45, 7) is 3.24. The van der Waals surface area contributed by atoms with E-state index in [2.05, 4.69) is 12.2 Å². The van der Waals surface area contributed by atoms with E-state index in [1.165, 1.54) is 16.4 Å². The first kappa shape index (κ1) is 18.9. The Labute approximate surface area is 159 Å². The number of amides is 1. The molecule has 1 fully saturated rings. The van der Waals surface area contributed by atoms with Crippen molar-refractivity contribution < 1.29 is 13.2 Å². The van der Waals surface area contributed by atoms with E-state index in [1.807, 2.05) is 0 Å². The van der Waals surface area contributed by atoms with Crippen molar-refractivity contribution in [2.45, 2.75) is 24.7 Å². The number of sulfonamides is 1. The molecular formula is C19H21ClN2O3S. The van der Waals surface area contributed by atoms with Crippen LogP contribution in [0.5, 0.6) is 0 Å². The van der Waals surface area contributed by atoms with Crippen molar-refractivity contribution in [2.24, 2.45) is 5.92 Å². The smallest absolute Gasteiger partial charge is 0.255 e. The minimum absolute atomic E-state index is 0.243. The fourth-order valence-corrected chi connectivity index (χ4v) is 4.58. The number of nitrogens with zero attached hydrogens (tertiary/aromatic N) is 1. The van der Waals surface area contributed by atoms with Crippen molar-refractivity contribution in [3.63, 3.8) is 0 Å². The Morgan fingerprint density at radius 1 is 1.12 bits per heavy atom. The van der Waals surface area contributed by atoms with Gasteiger partial charge in [-0.1, -0.05) is 24.6 Å². The van der Waals surface area contributed by atoms with Crippen LogP contribution in [0.15, 0.2) is 53.4 Å². The number of rotatable bonds is 4. The number of piperidine rings is 1. The monoisotopic (exact) mass is 392 g/mol. The Kier molecular flexibility index (Phi) is 5.65. The standard InChI is InChI=1S/C19H21ClN2O3S/c1-14-9-11-22(12-10-14)26(24,25)18-7-5-17(6-8-18)21-19(23)15-3-2-4-16(20)13-15/h2-8,13-14H,9-12H2,1H3,(H,21,23). The highest BCUT2D eigenvalue weighted by Gasteiger charge is 2.27. The van der Waals surface area contributed by atoms with Gasteiger partial charge in [0.05, 0.1) is 4.90 Å². The van der Waals surface area contributed by atoms with E-state index in [9.17, 15) is 13.2 Å². The van der Waals surface area contributed by atoms with Gasteiger partial charge >= 0.3 is 0 Å². The molecule has 138 valence electrons. The first-order chi connectivity index (χ1) is 12.4. The van der Waals surface area contributed by atoms with Gasteiger partial charge in [-0.15, -0.1) is 0 Å². The third kappa shape index (κ3) is 4.26. The number of benzene rings is 2. The molecule has 0 aromatic heterocycles. The molecule has 1 saturated heterocycles. The predicted octanol–water partition coefficient (Wildman–Crippen LogP) is 4.01. The molecule has 1 aliphatic heterocycles. The van der Waals surface area contributed by atoms with E-state index < -0.39 is 10.0 Å². The van der Waals surface area contributed by atoms with Crippen molar-refractivity contribution in [3.05, 3.63) is 59.1 Å². The highest BCUT2D eigenvalue weighted by atomic mass is 35.5. The van der Waals surface area contributed by atoms with Gasteiger partial charge in [0.1, 0.15) is 0 Å². The molecule has 2 aromatic carbocycles. The van der Waals surface area contributed by atoms with Crippen molar-refractivity contribution >= 4 is 33.2 Å². The van der Waals surface area contributed by atoms with Crippen LogP contribution in [0.25, 0.3) is 0 Å². The number of halogens is 1. The van der Waals surface area contributed by atoms with E-state index in [0.29, 0.717) is 35.3 Å². The SMILES string of the molecule is CC1CCN(S(=O)(=O)c2ccc(NC(=O)c3cccc(Cl)c3)cc2)CC1. The van der Waals surface area contributed by atoms with Crippen molar-refractivity contribution in [1.82, 2.24) is 4.31 Å². The summed E-state index contributed by atoms with van der Waals surface area (Å²) >= 11 is 5.89. The molecule has 0 atom stereocenters. The summed E-state index contributed by atoms with van der Waals surface area (Å²) in [6, 6.07) is 12.9. The van der Waals surface area contributed by atoms with Crippen LogP contribution in [0, 0.1) is 5.92 Å². The lowest BCUT2D eigenvalue weighted by atomic mass is 10.0. The molecule has 0 saturated carbocycles. The topological polar surface area (TPSA) is 66.5 Å². The van der Waals surface area contributed by atoms with Crippen LogP contribution in [0.1, 0.15) is 30.1 Å². The fraction of sp³-hybridized carbons (Fsp3) is 0.316. The zero-order chi connectivity index (χ0) is 18.7. The van der Waals surface area contributed by atoms with Gasteiger partial charge < -0.3 is 5.32 Å². The minimum atomic E-state index is -3.49. The van der Waals surface area contributed by atoms with Gasteiger partial charge in [-0.05, 0) is 61.2 Å². The van der Waals surface area contributed by atoms with Crippen LogP contribution < -0.4 is 5.32 Å². The largest absolute Gasteiger partial charge is 0.322 e. The molecule has 0 spiro atoms. The van der Waals surface area contributed by atoms with Crippen molar-refractivity contribution in [1.29, 1.82) is 0 Å². The summed E-state index contributed by atoms with van der Waals surface area (Å²) in [7, 11) is -3.49. The van der Waals surface area contributed by atoms with Gasteiger partial charge in [-0.25, -0.2) is 8.42 Å².